The van der Waals surface area contributed by atoms with E-state index in [4.69, 9.17) is 0 Å². The smallest absolute Gasteiger partial charge is 0.211 e. The van der Waals surface area contributed by atoms with Crippen LogP contribution in [0.5, 0.6) is 0 Å². The molecule has 1 atom stereocenters. The normalized spacial score (nSPS) is 15.9. The van der Waals surface area contributed by atoms with E-state index in [0.29, 0.717) is 0 Å². The van der Waals surface area contributed by atoms with Gasteiger partial charge in [0.15, 0.2) is 0 Å². The number of hydrogen-bond acceptors (Lipinski definition) is 2. The second-order valence-electron chi connectivity index (χ2n) is 7.19. The topological polar surface area (TPSA) is 46.2 Å². The summed E-state index contributed by atoms with van der Waals surface area (Å²) >= 11 is 0. The molecule has 0 fully saturated rings. The molecule has 0 aliphatic rings. The summed E-state index contributed by atoms with van der Waals surface area (Å²) in [7, 11) is -3.14. The van der Waals surface area contributed by atoms with E-state index in [-0.39, 0.29) is 22.6 Å². The van der Waals surface area contributed by atoms with Crippen molar-refractivity contribution < 1.29 is 8.42 Å². The zero-order chi connectivity index (χ0) is 13.9. The molecule has 17 heavy (non-hydrogen) atoms. The van der Waals surface area contributed by atoms with Crippen molar-refractivity contribution in [1.82, 2.24) is 4.72 Å². The van der Waals surface area contributed by atoms with Crippen molar-refractivity contribution in [2.75, 3.05) is 5.75 Å². The first-order valence-electron chi connectivity index (χ1n) is 6.33. The summed E-state index contributed by atoms with van der Waals surface area (Å²) in [5.41, 5.74) is 0.155. The molecule has 0 aliphatic carbocycles. The van der Waals surface area contributed by atoms with Crippen LogP contribution in [0.25, 0.3) is 0 Å². The van der Waals surface area contributed by atoms with Crippen molar-refractivity contribution in [2.45, 2.75) is 67.3 Å². The van der Waals surface area contributed by atoms with Gasteiger partial charge in [0.1, 0.15) is 0 Å². The summed E-state index contributed by atoms with van der Waals surface area (Å²) in [5, 5.41) is 0. The van der Waals surface area contributed by atoms with E-state index in [2.05, 4.69) is 25.5 Å². The highest BCUT2D eigenvalue weighted by Gasteiger charge is 2.24. The quantitative estimate of drug-likeness (QED) is 0.828. The van der Waals surface area contributed by atoms with Crippen LogP contribution in [0.1, 0.15) is 61.3 Å². The van der Waals surface area contributed by atoms with Crippen molar-refractivity contribution in [3.63, 3.8) is 0 Å². The molecule has 0 rings (SSSR count). The van der Waals surface area contributed by atoms with Crippen molar-refractivity contribution >= 4 is 10.0 Å². The van der Waals surface area contributed by atoms with Crippen LogP contribution in [-0.2, 0) is 10.0 Å². The number of rotatable bonds is 5. The fraction of sp³-hybridized carbons (Fsp3) is 1.00. The third-order valence-electron chi connectivity index (χ3n) is 3.00. The molecular weight excluding hydrogens is 234 g/mol. The summed E-state index contributed by atoms with van der Waals surface area (Å²) in [4.78, 5) is 0. The summed E-state index contributed by atoms with van der Waals surface area (Å²) in [6.07, 6.45) is 1.65. The minimum Gasteiger partial charge on any atom is -0.212 e. The molecule has 1 N–H and O–H groups in total. The lowest BCUT2D eigenvalue weighted by Gasteiger charge is -2.28. The molecule has 0 amide bonds. The highest BCUT2D eigenvalue weighted by atomic mass is 32.2. The van der Waals surface area contributed by atoms with E-state index >= 15 is 0 Å². The van der Waals surface area contributed by atoms with Crippen molar-refractivity contribution in [3.05, 3.63) is 0 Å². The Morgan fingerprint density at radius 3 is 1.88 bits per heavy atom. The van der Waals surface area contributed by atoms with Gasteiger partial charge < -0.3 is 0 Å². The molecule has 0 saturated carbocycles. The molecule has 0 aliphatic heterocycles. The van der Waals surface area contributed by atoms with Gasteiger partial charge in [0.05, 0.1) is 5.75 Å². The van der Waals surface area contributed by atoms with Crippen LogP contribution >= 0.6 is 0 Å². The third kappa shape index (κ3) is 8.61. The van der Waals surface area contributed by atoms with Gasteiger partial charge in [-0.05, 0) is 30.6 Å². The molecule has 4 heteroatoms. The second-order valence-corrected chi connectivity index (χ2v) is 9.06. The van der Waals surface area contributed by atoms with Crippen LogP contribution in [0.2, 0.25) is 0 Å². The van der Waals surface area contributed by atoms with Crippen molar-refractivity contribution in [2.24, 2.45) is 10.8 Å². The molecule has 0 radical (unpaired) electrons. The molecule has 3 nitrogen and oxygen atoms in total. The Hall–Kier alpha value is -0.0900. The Bertz CT molecular complexity index is 320. The van der Waals surface area contributed by atoms with E-state index in [0.717, 1.165) is 12.8 Å². The van der Waals surface area contributed by atoms with Gasteiger partial charge in [0.2, 0.25) is 10.0 Å². The average molecular weight is 263 g/mol. The zero-order valence-electron chi connectivity index (χ0n) is 12.4. The summed E-state index contributed by atoms with van der Waals surface area (Å²) in [5.74, 6) is 0.227. The first-order chi connectivity index (χ1) is 7.33. The molecule has 0 unspecified atom stereocenters. The van der Waals surface area contributed by atoms with Crippen LogP contribution in [0.3, 0.4) is 0 Å². The molecule has 0 heterocycles. The molecular formula is C13H29NO2S. The Kier molecular flexibility index (Phi) is 5.67. The fourth-order valence-corrected chi connectivity index (χ4v) is 2.83. The Morgan fingerprint density at radius 1 is 1.06 bits per heavy atom. The minimum absolute atomic E-state index is 0.0397. The molecule has 0 aromatic heterocycles. The predicted octanol–water partition coefficient (Wildman–Crippen LogP) is 3.17. The molecule has 0 spiro atoms. The lowest BCUT2D eigenvalue weighted by atomic mass is 9.89. The van der Waals surface area contributed by atoms with Crippen molar-refractivity contribution in [1.29, 1.82) is 0 Å². The summed E-state index contributed by atoms with van der Waals surface area (Å²) in [6.45, 7) is 14.4. The molecule has 104 valence electrons. The first-order valence-corrected chi connectivity index (χ1v) is 7.99. The SMILES string of the molecule is C[C@@H](NS(=O)(=O)CCCC(C)(C)C)C(C)(C)C. The Balaban J connectivity index is 4.23. The fourth-order valence-electron chi connectivity index (χ4n) is 1.30. The number of nitrogens with one attached hydrogen (secondary N) is 1. The Morgan fingerprint density at radius 2 is 1.53 bits per heavy atom. The van der Waals surface area contributed by atoms with Gasteiger partial charge in [-0.15, -0.1) is 0 Å². The zero-order valence-corrected chi connectivity index (χ0v) is 13.2. The largest absolute Gasteiger partial charge is 0.212 e. The van der Waals surface area contributed by atoms with E-state index in [1.165, 1.54) is 0 Å². The third-order valence-corrected chi connectivity index (χ3v) is 4.53. The predicted molar refractivity (Wildman–Crippen MR) is 74.5 cm³/mol. The average Bonchev–Trinajstić information content (AvgIpc) is 1.97. The van der Waals surface area contributed by atoms with Gasteiger partial charge >= 0.3 is 0 Å². The van der Waals surface area contributed by atoms with Gasteiger partial charge in [0.25, 0.3) is 0 Å². The Labute approximate surface area is 107 Å². The minimum atomic E-state index is -3.14. The molecule has 0 saturated heterocycles. The lowest BCUT2D eigenvalue weighted by molar-refractivity contribution is 0.317. The van der Waals surface area contributed by atoms with Crippen molar-refractivity contribution in [3.8, 4) is 0 Å². The maximum absolute atomic E-state index is 11.9. The molecule has 0 aromatic rings. The van der Waals surface area contributed by atoms with E-state index < -0.39 is 10.0 Å². The van der Waals surface area contributed by atoms with E-state index in [9.17, 15) is 8.42 Å². The molecule has 0 bridgehead atoms. The molecule has 0 aromatic carbocycles. The van der Waals surface area contributed by atoms with Crippen LogP contribution in [-0.4, -0.2) is 20.2 Å². The maximum atomic E-state index is 11.9. The monoisotopic (exact) mass is 263 g/mol. The summed E-state index contributed by atoms with van der Waals surface area (Å²) < 4.78 is 26.5. The van der Waals surface area contributed by atoms with E-state index in [1.54, 1.807) is 0 Å². The highest BCUT2D eigenvalue weighted by molar-refractivity contribution is 7.89. The first kappa shape index (κ1) is 16.9. The van der Waals surface area contributed by atoms with Gasteiger partial charge in [-0.2, -0.15) is 0 Å². The van der Waals surface area contributed by atoms with E-state index in [1.807, 2.05) is 27.7 Å². The van der Waals surface area contributed by atoms with Crippen LogP contribution in [0.15, 0.2) is 0 Å². The number of sulfonamides is 1. The maximum Gasteiger partial charge on any atom is 0.211 e. The van der Waals surface area contributed by atoms with Crippen LogP contribution in [0, 0.1) is 10.8 Å². The van der Waals surface area contributed by atoms with Gasteiger partial charge in [-0.3, -0.25) is 0 Å². The van der Waals surface area contributed by atoms with Gasteiger partial charge in [-0.25, -0.2) is 13.1 Å². The summed E-state index contributed by atoms with van der Waals surface area (Å²) in [6, 6.07) is -0.0397. The van der Waals surface area contributed by atoms with Gasteiger partial charge in [-0.1, -0.05) is 41.5 Å². The standard InChI is InChI=1S/C13H29NO2S/c1-11(13(5,6)7)14-17(15,16)10-8-9-12(2,3)4/h11,14H,8-10H2,1-7H3/t11-/m1/s1. The second kappa shape index (κ2) is 5.70. The van der Waals surface area contributed by atoms with Crippen LogP contribution in [0.4, 0.5) is 0 Å². The van der Waals surface area contributed by atoms with Gasteiger partial charge in [0, 0.05) is 6.04 Å². The lowest BCUT2D eigenvalue weighted by Crippen LogP contribution is -2.42. The number of hydrogen-bond donors (Lipinski definition) is 1. The highest BCUT2D eigenvalue weighted by Crippen LogP contribution is 2.22. The van der Waals surface area contributed by atoms with Crippen LogP contribution < -0.4 is 4.72 Å².